The van der Waals surface area contributed by atoms with Crippen LogP contribution in [-0.2, 0) is 0 Å². The van der Waals surface area contributed by atoms with E-state index in [9.17, 15) is 8.78 Å². The van der Waals surface area contributed by atoms with Crippen molar-refractivity contribution in [3.05, 3.63) is 0 Å². The van der Waals surface area contributed by atoms with Crippen LogP contribution in [0.1, 0.15) is 40.5 Å². The van der Waals surface area contributed by atoms with E-state index in [1.807, 2.05) is 0 Å². The number of alkyl halides is 2. The lowest BCUT2D eigenvalue weighted by molar-refractivity contribution is 0.0204. The van der Waals surface area contributed by atoms with Crippen LogP contribution < -0.4 is 5.32 Å². The molecule has 0 saturated carbocycles. The molecule has 1 atom stereocenters. The summed E-state index contributed by atoms with van der Waals surface area (Å²) in [5.41, 5.74) is 0. The van der Waals surface area contributed by atoms with Crippen molar-refractivity contribution in [3.8, 4) is 0 Å². The Hall–Kier alpha value is -0.220. The molecule has 0 spiro atoms. The van der Waals surface area contributed by atoms with E-state index in [4.69, 9.17) is 0 Å². The Bertz CT molecular complexity index is 209. The topological polar surface area (TPSA) is 15.3 Å². The molecule has 0 aromatic rings. The fourth-order valence-electron chi connectivity index (χ4n) is 2.42. The van der Waals surface area contributed by atoms with Crippen LogP contribution >= 0.6 is 0 Å². The standard InChI is InChI=1S/C12H24F2N2/c1-9(2)16(10(3)4)6-5-11-7-12(13,14)8-15-11/h9-11,15H,5-8H2,1-4H3. The quantitative estimate of drug-likeness (QED) is 0.786. The average Bonchev–Trinajstić information content (AvgIpc) is 2.44. The summed E-state index contributed by atoms with van der Waals surface area (Å²) in [7, 11) is 0. The van der Waals surface area contributed by atoms with E-state index >= 15 is 0 Å². The van der Waals surface area contributed by atoms with Gasteiger partial charge in [0.2, 0.25) is 0 Å². The van der Waals surface area contributed by atoms with Crippen molar-refractivity contribution in [2.45, 2.75) is 64.6 Å². The van der Waals surface area contributed by atoms with E-state index < -0.39 is 5.92 Å². The molecular formula is C12H24F2N2. The highest BCUT2D eigenvalue weighted by atomic mass is 19.3. The molecule has 0 amide bonds. The van der Waals surface area contributed by atoms with Crippen molar-refractivity contribution in [1.82, 2.24) is 10.2 Å². The molecule has 0 aromatic heterocycles. The lowest BCUT2D eigenvalue weighted by Gasteiger charge is -2.31. The minimum Gasteiger partial charge on any atom is -0.308 e. The van der Waals surface area contributed by atoms with E-state index in [0.717, 1.165) is 13.0 Å². The third kappa shape index (κ3) is 3.98. The fraction of sp³-hybridized carbons (Fsp3) is 1.00. The van der Waals surface area contributed by atoms with E-state index in [1.54, 1.807) is 0 Å². The molecule has 1 fully saturated rings. The van der Waals surface area contributed by atoms with Gasteiger partial charge >= 0.3 is 0 Å². The number of halogens is 2. The molecule has 4 heteroatoms. The molecule has 0 radical (unpaired) electrons. The van der Waals surface area contributed by atoms with E-state index in [-0.39, 0.29) is 19.0 Å². The SMILES string of the molecule is CC(C)N(CCC1CC(F)(F)CN1)C(C)C. The predicted octanol–water partition coefficient (Wildman–Crippen LogP) is 2.49. The smallest absolute Gasteiger partial charge is 0.261 e. The Morgan fingerprint density at radius 1 is 1.25 bits per heavy atom. The molecule has 1 rings (SSSR count). The van der Waals surface area contributed by atoms with Crippen molar-refractivity contribution in [2.75, 3.05) is 13.1 Å². The largest absolute Gasteiger partial charge is 0.308 e. The van der Waals surface area contributed by atoms with Gasteiger partial charge in [-0.1, -0.05) is 0 Å². The number of rotatable bonds is 5. The summed E-state index contributed by atoms with van der Waals surface area (Å²) in [6.45, 7) is 9.34. The normalized spacial score (nSPS) is 24.9. The van der Waals surface area contributed by atoms with Crippen LogP contribution in [0.15, 0.2) is 0 Å². The number of hydrogen-bond acceptors (Lipinski definition) is 2. The minimum atomic E-state index is -2.49. The lowest BCUT2D eigenvalue weighted by Crippen LogP contribution is -2.39. The summed E-state index contributed by atoms with van der Waals surface area (Å²) in [5.74, 6) is -2.49. The van der Waals surface area contributed by atoms with Gasteiger partial charge in [0.1, 0.15) is 0 Å². The first kappa shape index (κ1) is 13.8. The van der Waals surface area contributed by atoms with Gasteiger partial charge in [-0.05, 0) is 34.1 Å². The second-order valence-corrected chi connectivity index (χ2v) is 5.35. The maximum atomic E-state index is 13.0. The minimum absolute atomic E-state index is 0.00295. The fourth-order valence-corrected chi connectivity index (χ4v) is 2.42. The Kier molecular flexibility index (Phi) is 4.68. The van der Waals surface area contributed by atoms with Gasteiger partial charge in [-0.2, -0.15) is 0 Å². The van der Waals surface area contributed by atoms with E-state index in [2.05, 4.69) is 37.9 Å². The number of hydrogen-bond donors (Lipinski definition) is 1. The van der Waals surface area contributed by atoms with Crippen LogP contribution in [0.3, 0.4) is 0 Å². The molecule has 1 aliphatic rings. The Balaban J connectivity index is 2.34. The second-order valence-electron chi connectivity index (χ2n) is 5.35. The van der Waals surface area contributed by atoms with Gasteiger partial charge in [-0.15, -0.1) is 0 Å². The molecule has 2 nitrogen and oxygen atoms in total. The van der Waals surface area contributed by atoms with Crippen LogP contribution in [0.4, 0.5) is 8.78 Å². The maximum Gasteiger partial charge on any atom is 0.261 e. The molecule has 1 saturated heterocycles. The van der Waals surface area contributed by atoms with Crippen molar-refractivity contribution >= 4 is 0 Å². The van der Waals surface area contributed by atoms with Crippen LogP contribution in [0, 0.1) is 0 Å². The lowest BCUT2D eigenvalue weighted by atomic mass is 10.1. The third-order valence-corrected chi connectivity index (χ3v) is 3.26. The summed E-state index contributed by atoms with van der Waals surface area (Å²) >= 11 is 0. The highest BCUT2D eigenvalue weighted by molar-refractivity contribution is 4.87. The zero-order valence-corrected chi connectivity index (χ0v) is 10.8. The van der Waals surface area contributed by atoms with Crippen molar-refractivity contribution in [3.63, 3.8) is 0 Å². The highest BCUT2D eigenvalue weighted by Gasteiger charge is 2.38. The summed E-state index contributed by atoms with van der Waals surface area (Å²) < 4.78 is 25.9. The van der Waals surface area contributed by atoms with Gasteiger partial charge in [-0.3, -0.25) is 4.90 Å². The average molecular weight is 234 g/mol. The van der Waals surface area contributed by atoms with Gasteiger partial charge in [0, 0.05) is 31.1 Å². The van der Waals surface area contributed by atoms with Crippen LogP contribution in [0.5, 0.6) is 0 Å². The van der Waals surface area contributed by atoms with Gasteiger partial charge in [0.05, 0.1) is 6.54 Å². The molecule has 0 aliphatic carbocycles. The summed E-state index contributed by atoms with van der Waals surface area (Å²) in [6, 6.07) is 0.929. The van der Waals surface area contributed by atoms with Crippen LogP contribution in [0.2, 0.25) is 0 Å². The van der Waals surface area contributed by atoms with Gasteiger partial charge in [0.15, 0.2) is 0 Å². The van der Waals surface area contributed by atoms with E-state index in [1.165, 1.54) is 0 Å². The zero-order chi connectivity index (χ0) is 12.3. The summed E-state index contributed by atoms with van der Waals surface area (Å²) in [4.78, 5) is 2.35. The zero-order valence-electron chi connectivity index (χ0n) is 10.8. The van der Waals surface area contributed by atoms with Gasteiger partial charge in [-0.25, -0.2) is 8.78 Å². The monoisotopic (exact) mass is 234 g/mol. The number of nitrogens with zero attached hydrogens (tertiary/aromatic N) is 1. The van der Waals surface area contributed by atoms with Gasteiger partial charge < -0.3 is 5.32 Å². The summed E-state index contributed by atoms with van der Waals surface area (Å²) in [5, 5.41) is 2.90. The molecule has 1 N–H and O–H groups in total. The summed E-state index contributed by atoms with van der Waals surface area (Å²) in [6.07, 6.45) is 0.809. The maximum absolute atomic E-state index is 13.0. The van der Waals surface area contributed by atoms with Crippen molar-refractivity contribution in [2.24, 2.45) is 0 Å². The molecule has 0 aromatic carbocycles. The molecule has 0 bridgehead atoms. The Labute approximate surface area is 97.4 Å². The molecular weight excluding hydrogens is 210 g/mol. The van der Waals surface area contributed by atoms with Crippen LogP contribution in [-0.4, -0.2) is 42.0 Å². The van der Waals surface area contributed by atoms with Crippen molar-refractivity contribution < 1.29 is 8.78 Å². The molecule has 16 heavy (non-hydrogen) atoms. The molecule has 1 unspecified atom stereocenters. The van der Waals surface area contributed by atoms with E-state index in [0.29, 0.717) is 12.1 Å². The van der Waals surface area contributed by atoms with Gasteiger partial charge in [0.25, 0.3) is 5.92 Å². The Morgan fingerprint density at radius 2 is 1.81 bits per heavy atom. The first-order valence-electron chi connectivity index (χ1n) is 6.19. The number of nitrogens with one attached hydrogen (secondary N) is 1. The molecule has 1 aliphatic heterocycles. The third-order valence-electron chi connectivity index (χ3n) is 3.26. The Morgan fingerprint density at radius 3 is 2.19 bits per heavy atom. The van der Waals surface area contributed by atoms with Crippen molar-refractivity contribution in [1.29, 1.82) is 0 Å². The van der Waals surface area contributed by atoms with Crippen LogP contribution in [0.25, 0.3) is 0 Å². The first-order chi connectivity index (χ1) is 7.32. The highest BCUT2D eigenvalue weighted by Crippen LogP contribution is 2.26. The predicted molar refractivity (Wildman–Crippen MR) is 62.9 cm³/mol. The first-order valence-corrected chi connectivity index (χ1v) is 6.19. The molecule has 96 valence electrons. The second kappa shape index (κ2) is 5.41. The molecule has 1 heterocycles.